The lowest BCUT2D eigenvalue weighted by molar-refractivity contribution is 0.465. The maximum absolute atomic E-state index is 4.69. The summed E-state index contributed by atoms with van der Waals surface area (Å²) in [6.07, 6.45) is 10.4. The molecule has 0 amide bonds. The van der Waals surface area contributed by atoms with E-state index in [1.165, 1.54) is 0 Å². The predicted molar refractivity (Wildman–Crippen MR) is 84.0 cm³/mol. The molecule has 0 spiro atoms. The Morgan fingerprint density at radius 1 is 1.24 bits per heavy atom. The van der Waals surface area contributed by atoms with E-state index in [1.807, 2.05) is 17.1 Å². The van der Waals surface area contributed by atoms with Gasteiger partial charge in [-0.15, -0.1) is 0 Å². The molecule has 0 aliphatic heterocycles. The van der Waals surface area contributed by atoms with Crippen LogP contribution < -0.4 is 5.32 Å². The van der Waals surface area contributed by atoms with E-state index in [-0.39, 0.29) is 6.04 Å². The summed E-state index contributed by atoms with van der Waals surface area (Å²) in [6, 6.07) is 2.77. The van der Waals surface area contributed by atoms with Crippen molar-refractivity contribution in [2.75, 3.05) is 6.54 Å². The molecule has 21 heavy (non-hydrogen) atoms. The first-order valence-electron chi connectivity index (χ1n) is 7.76. The highest BCUT2D eigenvalue weighted by molar-refractivity contribution is 5.14. The number of rotatable bonds is 8. The summed E-state index contributed by atoms with van der Waals surface area (Å²) in [6.45, 7) is 7.52. The molecule has 114 valence electrons. The molecule has 2 aromatic rings. The van der Waals surface area contributed by atoms with E-state index in [0.717, 1.165) is 37.1 Å². The van der Waals surface area contributed by atoms with Crippen LogP contribution in [-0.2, 0) is 6.42 Å². The zero-order chi connectivity index (χ0) is 15.1. The molecule has 1 N–H and O–H groups in total. The summed E-state index contributed by atoms with van der Waals surface area (Å²) in [7, 11) is 0. The molecule has 0 aliphatic rings. The van der Waals surface area contributed by atoms with Crippen LogP contribution in [0.4, 0.5) is 0 Å². The number of aromatic nitrogens is 4. The molecule has 5 heteroatoms. The van der Waals surface area contributed by atoms with Crippen molar-refractivity contribution in [2.45, 2.75) is 52.1 Å². The minimum Gasteiger partial charge on any atom is -0.310 e. The van der Waals surface area contributed by atoms with E-state index >= 15 is 0 Å². The van der Waals surface area contributed by atoms with Crippen molar-refractivity contribution < 1.29 is 0 Å². The third kappa shape index (κ3) is 4.36. The van der Waals surface area contributed by atoms with Gasteiger partial charge in [-0.3, -0.25) is 4.68 Å². The summed E-state index contributed by atoms with van der Waals surface area (Å²) < 4.78 is 2.05. The molecule has 0 saturated carbocycles. The van der Waals surface area contributed by atoms with Crippen LogP contribution >= 0.6 is 0 Å². The Morgan fingerprint density at radius 3 is 2.67 bits per heavy atom. The Kier molecular flexibility index (Phi) is 5.87. The molecule has 0 radical (unpaired) electrons. The number of hydrogen-bond acceptors (Lipinski definition) is 4. The average Bonchev–Trinajstić information content (AvgIpc) is 3.00. The molecule has 0 aliphatic carbocycles. The molecular weight excluding hydrogens is 262 g/mol. The Bertz CT molecular complexity index is 522. The zero-order valence-electron chi connectivity index (χ0n) is 13.2. The van der Waals surface area contributed by atoms with Gasteiger partial charge in [0.25, 0.3) is 0 Å². The lowest BCUT2D eigenvalue weighted by atomic mass is 10.1. The second kappa shape index (κ2) is 7.88. The van der Waals surface area contributed by atoms with Gasteiger partial charge < -0.3 is 5.32 Å². The van der Waals surface area contributed by atoms with Gasteiger partial charge in [-0.05, 0) is 32.4 Å². The highest BCUT2D eigenvalue weighted by atomic mass is 15.3. The van der Waals surface area contributed by atoms with Crippen molar-refractivity contribution >= 4 is 0 Å². The standard InChI is InChI=1S/C16H25N5/c1-4-7-19-16(14-10-17-12-18-11-14)9-15-6-8-21(20-15)13(3)5-2/h6,8,10-13,16,19H,4-5,7,9H2,1-3H3. The molecule has 2 unspecified atom stereocenters. The minimum absolute atomic E-state index is 0.214. The van der Waals surface area contributed by atoms with Crippen LogP contribution in [-0.4, -0.2) is 26.3 Å². The second-order valence-electron chi connectivity index (χ2n) is 5.43. The van der Waals surface area contributed by atoms with Crippen LogP contribution in [0.3, 0.4) is 0 Å². The fraction of sp³-hybridized carbons (Fsp3) is 0.562. The maximum Gasteiger partial charge on any atom is 0.115 e. The number of hydrogen-bond donors (Lipinski definition) is 1. The van der Waals surface area contributed by atoms with Crippen LogP contribution in [0, 0.1) is 0 Å². The molecule has 0 bridgehead atoms. The SMILES string of the molecule is CCCNC(Cc1ccn(C(C)CC)n1)c1cncnc1. The normalized spacial score (nSPS) is 14.0. The van der Waals surface area contributed by atoms with Gasteiger partial charge in [0.05, 0.1) is 5.69 Å². The number of nitrogens with zero attached hydrogens (tertiary/aromatic N) is 4. The van der Waals surface area contributed by atoms with Gasteiger partial charge >= 0.3 is 0 Å². The fourth-order valence-corrected chi connectivity index (χ4v) is 2.24. The maximum atomic E-state index is 4.69. The van der Waals surface area contributed by atoms with Gasteiger partial charge in [-0.2, -0.15) is 5.10 Å². The smallest absolute Gasteiger partial charge is 0.115 e. The molecule has 2 aromatic heterocycles. The third-order valence-electron chi connectivity index (χ3n) is 3.74. The van der Waals surface area contributed by atoms with Crippen molar-refractivity contribution in [3.63, 3.8) is 0 Å². The minimum atomic E-state index is 0.214. The second-order valence-corrected chi connectivity index (χ2v) is 5.43. The summed E-state index contributed by atoms with van der Waals surface area (Å²) in [5.74, 6) is 0. The first-order chi connectivity index (χ1) is 10.2. The Morgan fingerprint density at radius 2 is 2.00 bits per heavy atom. The Labute approximate surface area is 126 Å². The summed E-state index contributed by atoms with van der Waals surface area (Å²) in [5, 5.41) is 8.25. The van der Waals surface area contributed by atoms with Gasteiger partial charge in [-0.25, -0.2) is 9.97 Å². The van der Waals surface area contributed by atoms with Crippen LogP contribution in [0.15, 0.2) is 31.0 Å². The van der Waals surface area contributed by atoms with Crippen LogP contribution in [0.25, 0.3) is 0 Å². The fourth-order valence-electron chi connectivity index (χ4n) is 2.24. The monoisotopic (exact) mass is 287 g/mol. The molecule has 5 nitrogen and oxygen atoms in total. The van der Waals surface area contributed by atoms with E-state index in [1.54, 1.807) is 6.33 Å². The Balaban J connectivity index is 2.09. The summed E-state index contributed by atoms with van der Waals surface area (Å²) >= 11 is 0. The highest BCUT2D eigenvalue weighted by Crippen LogP contribution is 2.17. The van der Waals surface area contributed by atoms with Crippen LogP contribution in [0.2, 0.25) is 0 Å². The lowest BCUT2D eigenvalue weighted by Crippen LogP contribution is -2.24. The van der Waals surface area contributed by atoms with Crippen molar-refractivity contribution in [2.24, 2.45) is 0 Å². The quantitative estimate of drug-likeness (QED) is 0.811. The Hall–Kier alpha value is -1.75. The van der Waals surface area contributed by atoms with Crippen molar-refractivity contribution in [1.82, 2.24) is 25.1 Å². The van der Waals surface area contributed by atoms with Gasteiger partial charge in [0.15, 0.2) is 0 Å². The van der Waals surface area contributed by atoms with E-state index in [2.05, 4.69) is 48.3 Å². The average molecular weight is 287 g/mol. The van der Waals surface area contributed by atoms with Crippen molar-refractivity contribution in [3.05, 3.63) is 42.2 Å². The van der Waals surface area contributed by atoms with Gasteiger partial charge in [0, 0.05) is 42.7 Å². The van der Waals surface area contributed by atoms with Gasteiger partial charge in [0.1, 0.15) is 6.33 Å². The first kappa shape index (κ1) is 15.6. The number of nitrogens with one attached hydrogen (secondary N) is 1. The highest BCUT2D eigenvalue weighted by Gasteiger charge is 2.14. The zero-order valence-corrected chi connectivity index (χ0v) is 13.2. The van der Waals surface area contributed by atoms with Crippen LogP contribution in [0.1, 0.15) is 57.0 Å². The third-order valence-corrected chi connectivity index (χ3v) is 3.74. The van der Waals surface area contributed by atoms with E-state index in [9.17, 15) is 0 Å². The molecule has 0 fully saturated rings. The summed E-state index contributed by atoms with van der Waals surface area (Å²) in [4.78, 5) is 8.25. The molecular formula is C16H25N5. The van der Waals surface area contributed by atoms with Crippen molar-refractivity contribution in [3.8, 4) is 0 Å². The van der Waals surface area contributed by atoms with E-state index in [0.29, 0.717) is 6.04 Å². The largest absolute Gasteiger partial charge is 0.310 e. The van der Waals surface area contributed by atoms with E-state index < -0.39 is 0 Å². The molecule has 2 rings (SSSR count). The first-order valence-corrected chi connectivity index (χ1v) is 7.76. The molecule has 0 aromatic carbocycles. The predicted octanol–water partition coefficient (Wildman–Crippen LogP) is 2.93. The summed E-state index contributed by atoms with van der Waals surface area (Å²) in [5.41, 5.74) is 2.22. The topological polar surface area (TPSA) is 55.6 Å². The van der Waals surface area contributed by atoms with E-state index in [4.69, 9.17) is 5.10 Å². The van der Waals surface area contributed by atoms with Gasteiger partial charge in [0.2, 0.25) is 0 Å². The molecule has 2 atom stereocenters. The molecule has 2 heterocycles. The van der Waals surface area contributed by atoms with Crippen molar-refractivity contribution in [1.29, 1.82) is 0 Å². The lowest BCUT2D eigenvalue weighted by Gasteiger charge is -2.17. The van der Waals surface area contributed by atoms with Gasteiger partial charge in [-0.1, -0.05) is 13.8 Å². The molecule has 0 saturated heterocycles. The van der Waals surface area contributed by atoms with Crippen LogP contribution in [0.5, 0.6) is 0 Å².